The molecule has 3 rings (SSSR count). The van der Waals surface area contributed by atoms with Crippen LogP contribution >= 0.6 is 0 Å². The number of amides is 1. The second kappa shape index (κ2) is 7.55. The molecule has 0 aromatic heterocycles. The molecule has 1 aromatic carbocycles. The summed E-state index contributed by atoms with van der Waals surface area (Å²) in [4.78, 5) is 15.2. The van der Waals surface area contributed by atoms with Crippen LogP contribution in [0.5, 0.6) is 0 Å². The van der Waals surface area contributed by atoms with Gasteiger partial charge < -0.3 is 4.90 Å². The normalized spacial score (nSPS) is 24.5. The van der Waals surface area contributed by atoms with Crippen molar-refractivity contribution in [3.63, 3.8) is 0 Å². The molecule has 27 heavy (non-hydrogen) atoms. The molecule has 2 aliphatic rings. The highest BCUT2D eigenvalue weighted by atomic mass is 32.2. The summed E-state index contributed by atoms with van der Waals surface area (Å²) in [7, 11) is -3.30. The fourth-order valence-electron chi connectivity index (χ4n) is 4.26. The summed E-state index contributed by atoms with van der Waals surface area (Å²) in [6.07, 6.45) is 2.37. The van der Waals surface area contributed by atoms with Gasteiger partial charge in [0, 0.05) is 26.2 Å². The highest BCUT2D eigenvalue weighted by Gasteiger charge is 2.51. The Morgan fingerprint density at radius 2 is 1.70 bits per heavy atom. The van der Waals surface area contributed by atoms with Crippen molar-refractivity contribution >= 4 is 15.9 Å². The highest BCUT2D eigenvalue weighted by molar-refractivity contribution is 7.89. The van der Waals surface area contributed by atoms with Crippen LogP contribution in [0.1, 0.15) is 64.0 Å². The monoisotopic (exact) mass is 392 g/mol. The van der Waals surface area contributed by atoms with E-state index in [0.717, 1.165) is 24.9 Å². The average molecular weight is 393 g/mol. The van der Waals surface area contributed by atoms with Crippen molar-refractivity contribution in [3.8, 4) is 0 Å². The molecular weight excluding hydrogens is 360 g/mol. The molecule has 6 heteroatoms. The molecule has 2 aliphatic heterocycles. The molecule has 5 nitrogen and oxygen atoms in total. The van der Waals surface area contributed by atoms with Crippen LogP contribution in [0.2, 0.25) is 0 Å². The summed E-state index contributed by atoms with van der Waals surface area (Å²) < 4.78 is 26.6. The van der Waals surface area contributed by atoms with E-state index in [1.807, 2.05) is 4.90 Å². The first kappa shape index (κ1) is 20.3. The first-order chi connectivity index (χ1) is 12.7. The van der Waals surface area contributed by atoms with E-state index in [0.29, 0.717) is 32.0 Å². The van der Waals surface area contributed by atoms with Crippen LogP contribution < -0.4 is 0 Å². The summed E-state index contributed by atoms with van der Waals surface area (Å²) in [5, 5.41) is -0.443. The summed E-state index contributed by atoms with van der Waals surface area (Å²) >= 11 is 0. The molecule has 1 aromatic rings. The van der Waals surface area contributed by atoms with Crippen molar-refractivity contribution in [2.24, 2.45) is 5.41 Å². The smallest absolute Gasteiger partial charge is 0.230 e. The molecule has 1 spiro atoms. The average Bonchev–Trinajstić information content (AvgIpc) is 3.05. The van der Waals surface area contributed by atoms with Gasteiger partial charge >= 0.3 is 0 Å². The maximum atomic E-state index is 13.3. The third-order valence-corrected chi connectivity index (χ3v) is 8.34. The zero-order valence-corrected chi connectivity index (χ0v) is 17.8. The van der Waals surface area contributed by atoms with Gasteiger partial charge in [-0.3, -0.25) is 4.79 Å². The van der Waals surface area contributed by atoms with Crippen LogP contribution in [-0.4, -0.2) is 48.4 Å². The quantitative estimate of drug-likeness (QED) is 0.772. The van der Waals surface area contributed by atoms with Gasteiger partial charge in [-0.2, -0.15) is 0 Å². The molecule has 0 radical (unpaired) electrons. The van der Waals surface area contributed by atoms with E-state index >= 15 is 0 Å². The molecule has 2 saturated heterocycles. The second-order valence-electron chi connectivity index (χ2n) is 8.68. The van der Waals surface area contributed by atoms with Gasteiger partial charge in [0.05, 0.1) is 10.7 Å². The van der Waals surface area contributed by atoms with Gasteiger partial charge in [0.1, 0.15) is 0 Å². The van der Waals surface area contributed by atoms with Gasteiger partial charge in [-0.15, -0.1) is 0 Å². The number of nitrogens with zero attached hydrogens (tertiary/aromatic N) is 2. The van der Waals surface area contributed by atoms with E-state index in [2.05, 4.69) is 38.1 Å². The molecule has 1 amide bonds. The van der Waals surface area contributed by atoms with E-state index < -0.39 is 20.7 Å². The lowest BCUT2D eigenvalue weighted by Crippen LogP contribution is -2.50. The first-order valence-electron chi connectivity index (χ1n) is 10.0. The van der Waals surface area contributed by atoms with E-state index in [9.17, 15) is 13.2 Å². The van der Waals surface area contributed by atoms with Crippen LogP contribution in [0.4, 0.5) is 0 Å². The van der Waals surface area contributed by atoms with Crippen molar-refractivity contribution in [3.05, 3.63) is 35.4 Å². The zero-order valence-electron chi connectivity index (χ0n) is 16.9. The van der Waals surface area contributed by atoms with Crippen LogP contribution in [0.15, 0.2) is 24.3 Å². The van der Waals surface area contributed by atoms with Crippen LogP contribution in [0.25, 0.3) is 0 Å². The minimum Gasteiger partial charge on any atom is -0.338 e. The van der Waals surface area contributed by atoms with Gasteiger partial charge in [-0.05, 0) is 50.2 Å². The third-order valence-electron chi connectivity index (χ3n) is 6.12. The number of hydrogen-bond donors (Lipinski definition) is 0. The standard InChI is InChI=1S/C21H32N2O3S/c1-16(2)19-8-6-18(7-9-19)14-22-12-5-10-21(20(22)24)11-13-23(15-21)27(25,26)17(3)4/h6-9,16-17H,5,10-15H2,1-4H3/t21-/m0/s1. The number of benzene rings is 1. The number of likely N-dealkylation sites (tertiary alicyclic amines) is 1. The van der Waals surface area contributed by atoms with Crippen LogP contribution in [0.3, 0.4) is 0 Å². The van der Waals surface area contributed by atoms with Gasteiger partial charge in [-0.1, -0.05) is 38.1 Å². The largest absolute Gasteiger partial charge is 0.338 e. The minimum absolute atomic E-state index is 0.128. The fraction of sp³-hybridized carbons (Fsp3) is 0.667. The molecule has 0 saturated carbocycles. The summed E-state index contributed by atoms with van der Waals surface area (Å²) in [6.45, 7) is 9.91. The van der Waals surface area contributed by atoms with Gasteiger partial charge in [-0.25, -0.2) is 12.7 Å². The molecule has 0 unspecified atom stereocenters. The maximum Gasteiger partial charge on any atom is 0.230 e. The van der Waals surface area contributed by atoms with Crippen LogP contribution in [-0.2, 0) is 21.4 Å². The second-order valence-corrected chi connectivity index (χ2v) is 11.2. The van der Waals surface area contributed by atoms with Crippen molar-refractivity contribution in [2.45, 2.75) is 64.7 Å². The number of sulfonamides is 1. The molecule has 0 aliphatic carbocycles. The summed E-state index contributed by atoms with van der Waals surface area (Å²) in [6, 6.07) is 8.48. The lowest BCUT2D eigenvalue weighted by atomic mass is 9.78. The van der Waals surface area contributed by atoms with E-state index in [1.165, 1.54) is 9.87 Å². The third kappa shape index (κ3) is 3.92. The number of carbonyl (C=O) groups is 1. The Hall–Kier alpha value is -1.40. The predicted octanol–water partition coefficient (Wildman–Crippen LogP) is 3.36. The Balaban J connectivity index is 1.73. The lowest BCUT2D eigenvalue weighted by molar-refractivity contribution is -0.146. The Bertz CT molecular complexity index is 786. The number of carbonyl (C=O) groups excluding carboxylic acids is 1. The SMILES string of the molecule is CC(C)c1ccc(CN2CCC[C@@]3(CCN(S(=O)(=O)C(C)C)C3)C2=O)cc1. The van der Waals surface area contributed by atoms with E-state index in [1.54, 1.807) is 13.8 Å². The molecule has 1 atom stereocenters. The summed E-state index contributed by atoms with van der Waals surface area (Å²) in [5.41, 5.74) is 1.90. The van der Waals surface area contributed by atoms with Crippen molar-refractivity contribution < 1.29 is 13.2 Å². The predicted molar refractivity (Wildman–Crippen MR) is 108 cm³/mol. The van der Waals surface area contributed by atoms with Crippen molar-refractivity contribution in [2.75, 3.05) is 19.6 Å². The Kier molecular flexibility index (Phi) is 5.69. The Labute approximate surface area is 163 Å². The fourth-order valence-corrected chi connectivity index (χ4v) is 5.63. The first-order valence-corrected chi connectivity index (χ1v) is 11.5. The zero-order chi connectivity index (χ0) is 19.8. The van der Waals surface area contributed by atoms with Crippen molar-refractivity contribution in [1.29, 1.82) is 0 Å². The number of rotatable bonds is 5. The summed E-state index contributed by atoms with van der Waals surface area (Å²) in [5.74, 6) is 0.620. The molecule has 2 fully saturated rings. The maximum absolute atomic E-state index is 13.3. The molecule has 150 valence electrons. The molecular formula is C21H32N2O3S. The van der Waals surface area contributed by atoms with Gasteiger partial charge in [0.2, 0.25) is 15.9 Å². The van der Waals surface area contributed by atoms with Gasteiger partial charge in [0.15, 0.2) is 0 Å². The molecule has 0 bridgehead atoms. The topological polar surface area (TPSA) is 57.7 Å². The minimum atomic E-state index is -3.30. The molecule has 2 heterocycles. The number of piperidine rings is 1. The lowest BCUT2D eigenvalue weighted by Gasteiger charge is -2.39. The highest BCUT2D eigenvalue weighted by Crippen LogP contribution is 2.41. The van der Waals surface area contributed by atoms with E-state index in [4.69, 9.17) is 0 Å². The Morgan fingerprint density at radius 1 is 1.04 bits per heavy atom. The van der Waals surface area contributed by atoms with Crippen LogP contribution in [0, 0.1) is 5.41 Å². The Morgan fingerprint density at radius 3 is 2.30 bits per heavy atom. The number of hydrogen-bond acceptors (Lipinski definition) is 3. The van der Waals surface area contributed by atoms with Crippen molar-refractivity contribution in [1.82, 2.24) is 9.21 Å². The molecule has 0 N–H and O–H groups in total. The van der Waals surface area contributed by atoms with E-state index in [-0.39, 0.29) is 5.91 Å². The van der Waals surface area contributed by atoms with Gasteiger partial charge in [0.25, 0.3) is 0 Å².